The third kappa shape index (κ3) is 4.15. The van der Waals surface area contributed by atoms with Gasteiger partial charge in [-0.3, -0.25) is 4.79 Å². The fourth-order valence-corrected chi connectivity index (χ4v) is 3.52. The number of ether oxygens (including phenoxy) is 2. The van der Waals surface area contributed by atoms with E-state index in [-0.39, 0.29) is 5.91 Å². The number of nitrogens with zero attached hydrogens (tertiary/aromatic N) is 1. The molecule has 26 heavy (non-hydrogen) atoms. The first kappa shape index (κ1) is 18.6. The molecule has 1 aliphatic heterocycles. The lowest BCUT2D eigenvalue weighted by Gasteiger charge is -2.07. The molecule has 5 nitrogen and oxygen atoms in total. The van der Waals surface area contributed by atoms with Gasteiger partial charge in [0.15, 0.2) is 5.17 Å². The molecule has 0 aliphatic carbocycles. The Morgan fingerprint density at radius 2 is 1.92 bits per heavy atom. The molecule has 0 radical (unpaired) electrons. The summed E-state index contributed by atoms with van der Waals surface area (Å²) in [6.45, 7) is 0. The monoisotopic (exact) mass is 408 g/mol. The normalized spacial score (nSPS) is 16.8. The maximum absolute atomic E-state index is 12.2. The molecular weight excluding hydrogens is 395 g/mol. The lowest BCUT2D eigenvalue weighted by Crippen LogP contribution is -2.19. The zero-order chi connectivity index (χ0) is 18.7. The van der Waals surface area contributed by atoms with Crippen molar-refractivity contribution in [3.8, 4) is 11.5 Å². The second-order valence-electron chi connectivity index (χ2n) is 5.19. The summed E-state index contributed by atoms with van der Waals surface area (Å²) in [5.41, 5.74) is 1.29. The van der Waals surface area contributed by atoms with Crippen molar-refractivity contribution in [2.45, 2.75) is 0 Å². The molecule has 0 saturated carbocycles. The number of hydrogen-bond acceptors (Lipinski definition) is 5. The number of aliphatic imine (C=N–C) groups is 1. The lowest BCUT2D eigenvalue weighted by atomic mass is 10.2. The van der Waals surface area contributed by atoms with Gasteiger partial charge in [-0.2, -0.15) is 0 Å². The van der Waals surface area contributed by atoms with Crippen LogP contribution < -0.4 is 14.8 Å². The van der Waals surface area contributed by atoms with Crippen molar-refractivity contribution in [3.63, 3.8) is 0 Å². The molecule has 0 aromatic heterocycles. The molecule has 0 unspecified atom stereocenters. The summed E-state index contributed by atoms with van der Waals surface area (Å²) in [6, 6.07) is 10.4. The van der Waals surface area contributed by atoms with E-state index in [1.807, 2.05) is 0 Å². The van der Waals surface area contributed by atoms with Gasteiger partial charge in [0, 0.05) is 16.1 Å². The number of nitrogens with one attached hydrogen (secondary N) is 1. The van der Waals surface area contributed by atoms with E-state index < -0.39 is 0 Å². The Hall–Kier alpha value is -2.15. The quantitative estimate of drug-likeness (QED) is 0.730. The Labute approximate surface area is 165 Å². The molecular formula is C18H14Cl2N2O3S. The van der Waals surface area contributed by atoms with E-state index in [4.69, 9.17) is 32.7 Å². The molecule has 1 heterocycles. The van der Waals surface area contributed by atoms with E-state index in [1.165, 1.54) is 11.8 Å². The minimum absolute atomic E-state index is 0.243. The van der Waals surface area contributed by atoms with Crippen LogP contribution in [0.25, 0.3) is 6.08 Å². The van der Waals surface area contributed by atoms with E-state index >= 15 is 0 Å². The van der Waals surface area contributed by atoms with Crippen molar-refractivity contribution in [3.05, 3.63) is 56.9 Å². The molecule has 1 amide bonds. The maximum Gasteiger partial charge on any atom is 0.264 e. The summed E-state index contributed by atoms with van der Waals surface area (Å²) in [7, 11) is 3.12. The van der Waals surface area contributed by atoms with E-state index in [0.717, 1.165) is 0 Å². The van der Waals surface area contributed by atoms with Crippen LogP contribution in [0.1, 0.15) is 5.56 Å². The molecule has 1 saturated heterocycles. The predicted molar refractivity (Wildman–Crippen MR) is 107 cm³/mol. The SMILES string of the molecule is COc1ccc(N=C2NC(=O)/C(=C/c3ccc(Cl)cc3Cl)S2)c(OC)c1. The van der Waals surface area contributed by atoms with E-state index in [9.17, 15) is 4.79 Å². The van der Waals surface area contributed by atoms with Crippen molar-refractivity contribution in [1.82, 2.24) is 5.32 Å². The number of thioether (sulfide) groups is 1. The highest BCUT2D eigenvalue weighted by Crippen LogP contribution is 2.35. The Bertz CT molecular complexity index is 929. The van der Waals surface area contributed by atoms with Crippen LogP contribution in [0, 0.1) is 0 Å². The van der Waals surface area contributed by atoms with Gasteiger partial charge in [0.05, 0.1) is 19.1 Å². The van der Waals surface area contributed by atoms with Gasteiger partial charge in [-0.15, -0.1) is 0 Å². The third-order valence-corrected chi connectivity index (χ3v) is 4.98. The molecule has 3 rings (SSSR count). The molecule has 1 aliphatic rings. The molecule has 1 N–H and O–H groups in total. The summed E-state index contributed by atoms with van der Waals surface area (Å²) in [5.74, 6) is 0.962. The van der Waals surface area contributed by atoms with Gasteiger partial charge in [-0.05, 0) is 47.7 Å². The Kier molecular flexibility index (Phi) is 5.76. The number of benzene rings is 2. The second-order valence-corrected chi connectivity index (χ2v) is 7.06. The summed E-state index contributed by atoms with van der Waals surface area (Å²) >= 11 is 13.3. The molecule has 0 bridgehead atoms. The van der Waals surface area contributed by atoms with E-state index in [2.05, 4.69) is 10.3 Å². The van der Waals surface area contributed by atoms with Crippen molar-refractivity contribution in [2.75, 3.05) is 14.2 Å². The van der Waals surface area contributed by atoms with Gasteiger partial charge in [0.25, 0.3) is 5.91 Å². The van der Waals surface area contributed by atoms with Crippen LogP contribution in [0.5, 0.6) is 11.5 Å². The second kappa shape index (κ2) is 8.03. The fraction of sp³-hybridized carbons (Fsp3) is 0.111. The summed E-state index contributed by atoms with van der Waals surface area (Å²) < 4.78 is 10.5. The summed E-state index contributed by atoms with van der Waals surface area (Å²) in [5, 5.41) is 4.20. The lowest BCUT2D eigenvalue weighted by molar-refractivity contribution is -0.115. The Morgan fingerprint density at radius 3 is 2.62 bits per heavy atom. The average Bonchev–Trinajstić information content (AvgIpc) is 2.97. The summed E-state index contributed by atoms with van der Waals surface area (Å²) in [6.07, 6.45) is 1.70. The molecule has 0 spiro atoms. The number of amidine groups is 1. The first-order valence-electron chi connectivity index (χ1n) is 7.47. The minimum atomic E-state index is -0.243. The van der Waals surface area contributed by atoms with Gasteiger partial charge in [-0.25, -0.2) is 4.99 Å². The zero-order valence-corrected chi connectivity index (χ0v) is 16.2. The number of rotatable bonds is 4. The molecule has 8 heteroatoms. The largest absolute Gasteiger partial charge is 0.497 e. The number of methoxy groups -OCH3 is 2. The Balaban J connectivity index is 1.88. The number of halogens is 2. The molecule has 2 aromatic rings. The first-order chi connectivity index (χ1) is 12.5. The van der Waals surface area contributed by atoms with Crippen molar-refractivity contribution in [1.29, 1.82) is 0 Å². The highest BCUT2D eigenvalue weighted by Gasteiger charge is 2.24. The van der Waals surface area contributed by atoms with Crippen LogP contribution >= 0.6 is 35.0 Å². The first-order valence-corrected chi connectivity index (χ1v) is 9.04. The minimum Gasteiger partial charge on any atom is -0.497 e. The average molecular weight is 409 g/mol. The van der Waals surface area contributed by atoms with Gasteiger partial charge >= 0.3 is 0 Å². The van der Waals surface area contributed by atoms with Crippen molar-refractivity contribution >= 4 is 57.8 Å². The highest BCUT2D eigenvalue weighted by molar-refractivity contribution is 8.18. The van der Waals surface area contributed by atoms with Crippen LogP contribution in [0.3, 0.4) is 0 Å². The van der Waals surface area contributed by atoms with Crippen LogP contribution in [0.15, 0.2) is 46.3 Å². The molecule has 2 aromatic carbocycles. The fourth-order valence-electron chi connectivity index (χ4n) is 2.23. The topological polar surface area (TPSA) is 59.9 Å². The van der Waals surface area contributed by atoms with E-state index in [0.29, 0.717) is 42.9 Å². The van der Waals surface area contributed by atoms with Gasteiger partial charge < -0.3 is 14.8 Å². The van der Waals surface area contributed by atoms with Gasteiger partial charge in [0.2, 0.25) is 0 Å². The van der Waals surface area contributed by atoms with Gasteiger partial charge in [0.1, 0.15) is 17.2 Å². The highest BCUT2D eigenvalue weighted by atomic mass is 35.5. The van der Waals surface area contributed by atoms with Crippen molar-refractivity contribution < 1.29 is 14.3 Å². The molecule has 0 atom stereocenters. The summed E-state index contributed by atoms with van der Waals surface area (Å²) in [4.78, 5) is 17.2. The zero-order valence-electron chi connectivity index (χ0n) is 13.9. The van der Waals surface area contributed by atoms with Crippen LogP contribution in [-0.4, -0.2) is 25.3 Å². The Morgan fingerprint density at radius 1 is 1.12 bits per heavy atom. The van der Waals surface area contributed by atoms with E-state index in [1.54, 1.807) is 56.7 Å². The smallest absolute Gasteiger partial charge is 0.264 e. The maximum atomic E-state index is 12.2. The van der Waals surface area contributed by atoms with Gasteiger partial charge in [-0.1, -0.05) is 29.3 Å². The number of carbonyl (C=O) groups is 1. The number of amides is 1. The number of carbonyl (C=O) groups excluding carboxylic acids is 1. The molecule has 134 valence electrons. The number of hydrogen-bond donors (Lipinski definition) is 1. The molecule has 1 fully saturated rings. The predicted octanol–water partition coefficient (Wildman–Crippen LogP) is 4.90. The van der Waals surface area contributed by atoms with Crippen LogP contribution in [0.4, 0.5) is 5.69 Å². The third-order valence-electron chi connectivity index (χ3n) is 3.51. The van der Waals surface area contributed by atoms with Crippen LogP contribution in [0.2, 0.25) is 10.0 Å². The standard InChI is InChI=1S/C18H14Cl2N2O3S/c1-24-12-5-6-14(15(9-12)25-2)21-18-22-17(23)16(26-18)7-10-3-4-11(19)8-13(10)20/h3-9H,1-2H3,(H,21,22,23)/b16-7-. The van der Waals surface area contributed by atoms with Crippen molar-refractivity contribution in [2.24, 2.45) is 4.99 Å². The van der Waals surface area contributed by atoms with Crippen LogP contribution in [-0.2, 0) is 4.79 Å².